The van der Waals surface area contributed by atoms with Gasteiger partial charge in [0.1, 0.15) is 9.84 Å². The van der Waals surface area contributed by atoms with Gasteiger partial charge in [0.05, 0.1) is 5.75 Å². The average molecular weight is 257 g/mol. The number of alkyl halides is 1. The van der Waals surface area contributed by atoms with Crippen LogP contribution in [0, 0.1) is 0 Å². The highest BCUT2D eigenvalue weighted by atomic mass is 79.9. The smallest absolute Gasteiger partial charge is 0.150 e. The molecule has 4 heteroatoms. The molecule has 12 heavy (non-hydrogen) atoms. The highest BCUT2D eigenvalue weighted by Crippen LogP contribution is 2.12. The van der Waals surface area contributed by atoms with E-state index in [1.165, 1.54) is 0 Å². The molecule has 0 aliphatic carbocycles. The van der Waals surface area contributed by atoms with E-state index >= 15 is 0 Å². The topological polar surface area (TPSA) is 34.1 Å². The van der Waals surface area contributed by atoms with Crippen molar-refractivity contribution < 1.29 is 8.42 Å². The van der Waals surface area contributed by atoms with E-state index < -0.39 is 9.84 Å². The first kappa shape index (κ1) is 12.4. The molecular weight excluding hydrogens is 240 g/mol. The lowest BCUT2D eigenvalue weighted by atomic mass is 10.2. The highest BCUT2D eigenvalue weighted by molar-refractivity contribution is 9.09. The summed E-state index contributed by atoms with van der Waals surface area (Å²) in [5, 5.41) is 0. The van der Waals surface area contributed by atoms with Gasteiger partial charge in [-0.3, -0.25) is 0 Å². The molecule has 0 aromatic rings. The van der Waals surface area contributed by atoms with E-state index in [0.717, 1.165) is 19.3 Å². The standard InChI is InChI=1S/C8H17BrO2S/c1-3-8(9)6-5-7-12(10,11)4-2/h8H,3-7H2,1-2H3. The summed E-state index contributed by atoms with van der Waals surface area (Å²) in [6.45, 7) is 3.79. The predicted molar refractivity (Wildman–Crippen MR) is 56.6 cm³/mol. The third kappa shape index (κ3) is 6.00. The molecule has 1 atom stereocenters. The van der Waals surface area contributed by atoms with Gasteiger partial charge in [0.25, 0.3) is 0 Å². The van der Waals surface area contributed by atoms with Crippen molar-refractivity contribution >= 4 is 25.8 Å². The third-order valence-electron chi connectivity index (χ3n) is 1.86. The van der Waals surface area contributed by atoms with Gasteiger partial charge in [0.2, 0.25) is 0 Å². The van der Waals surface area contributed by atoms with E-state index in [9.17, 15) is 8.42 Å². The van der Waals surface area contributed by atoms with Crippen LogP contribution in [0.4, 0.5) is 0 Å². The quantitative estimate of drug-likeness (QED) is 0.684. The maximum atomic E-state index is 11.1. The van der Waals surface area contributed by atoms with Gasteiger partial charge in [-0.15, -0.1) is 0 Å². The van der Waals surface area contributed by atoms with Crippen LogP contribution in [-0.4, -0.2) is 24.8 Å². The lowest BCUT2D eigenvalue weighted by Crippen LogP contribution is -2.10. The van der Waals surface area contributed by atoms with Crippen molar-refractivity contribution in [3.8, 4) is 0 Å². The van der Waals surface area contributed by atoms with Crippen molar-refractivity contribution in [3.05, 3.63) is 0 Å². The summed E-state index contributed by atoms with van der Waals surface area (Å²) >= 11 is 3.47. The summed E-state index contributed by atoms with van der Waals surface area (Å²) in [6, 6.07) is 0. The Morgan fingerprint density at radius 1 is 1.33 bits per heavy atom. The molecule has 2 nitrogen and oxygen atoms in total. The summed E-state index contributed by atoms with van der Waals surface area (Å²) in [5.74, 6) is 0.609. The van der Waals surface area contributed by atoms with Gasteiger partial charge in [-0.1, -0.05) is 29.8 Å². The Balaban J connectivity index is 3.57. The minimum absolute atomic E-state index is 0.270. The zero-order valence-corrected chi connectivity index (χ0v) is 10.1. The molecule has 0 aromatic carbocycles. The van der Waals surface area contributed by atoms with Crippen LogP contribution in [0.1, 0.15) is 33.1 Å². The summed E-state index contributed by atoms with van der Waals surface area (Å²) in [7, 11) is -2.74. The Morgan fingerprint density at radius 3 is 2.33 bits per heavy atom. The molecule has 0 rings (SSSR count). The number of hydrogen-bond acceptors (Lipinski definition) is 2. The lowest BCUT2D eigenvalue weighted by Gasteiger charge is -2.05. The molecule has 0 N–H and O–H groups in total. The minimum atomic E-state index is -2.74. The maximum Gasteiger partial charge on any atom is 0.150 e. The van der Waals surface area contributed by atoms with E-state index in [4.69, 9.17) is 0 Å². The fourth-order valence-corrected chi connectivity index (χ4v) is 2.09. The summed E-state index contributed by atoms with van der Waals surface area (Å²) in [6.07, 6.45) is 2.79. The van der Waals surface area contributed by atoms with Crippen LogP contribution in [-0.2, 0) is 9.84 Å². The molecule has 0 aliphatic rings. The molecule has 0 bridgehead atoms. The summed E-state index contributed by atoms with van der Waals surface area (Å²) in [4.78, 5) is 0.476. The Hall–Kier alpha value is 0.430. The Morgan fingerprint density at radius 2 is 1.92 bits per heavy atom. The van der Waals surface area contributed by atoms with Gasteiger partial charge in [-0.2, -0.15) is 0 Å². The Bertz CT molecular complexity index is 199. The van der Waals surface area contributed by atoms with Crippen LogP contribution in [0.2, 0.25) is 0 Å². The lowest BCUT2D eigenvalue weighted by molar-refractivity contribution is 0.591. The van der Waals surface area contributed by atoms with Gasteiger partial charge in [0, 0.05) is 10.6 Å². The van der Waals surface area contributed by atoms with E-state index in [-0.39, 0.29) is 5.75 Å². The van der Waals surface area contributed by atoms with Crippen LogP contribution in [0.15, 0.2) is 0 Å². The molecule has 0 spiro atoms. The zero-order valence-electron chi connectivity index (χ0n) is 7.72. The second-order valence-electron chi connectivity index (χ2n) is 2.88. The monoisotopic (exact) mass is 256 g/mol. The van der Waals surface area contributed by atoms with E-state index in [1.807, 2.05) is 0 Å². The van der Waals surface area contributed by atoms with Crippen molar-refractivity contribution in [2.45, 2.75) is 37.9 Å². The van der Waals surface area contributed by atoms with Crippen LogP contribution >= 0.6 is 15.9 Å². The van der Waals surface area contributed by atoms with E-state index in [1.54, 1.807) is 6.92 Å². The first-order valence-electron chi connectivity index (χ1n) is 4.36. The first-order valence-corrected chi connectivity index (χ1v) is 7.10. The maximum absolute atomic E-state index is 11.1. The molecular formula is C8H17BrO2S. The molecule has 74 valence electrons. The highest BCUT2D eigenvalue weighted by Gasteiger charge is 2.08. The van der Waals surface area contributed by atoms with Crippen LogP contribution in [0.25, 0.3) is 0 Å². The summed E-state index contributed by atoms with van der Waals surface area (Å²) in [5.41, 5.74) is 0. The van der Waals surface area contributed by atoms with Crippen molar-refractivity contribution in [1.82, 2.24) is 0 Å². The summed E-state index contributed by atoms with van der Waals surface area (Å²) < 4.78 is 22.1. The molecule has 0 heterocycles. The van der Waals surface area contributed by atoms with Crippen molar-refractivity contribution in [2.24, 2.45) is 0 Å². The molecule has 0 fully saturated rings. The van der Waals surface area contributed by atoms with E-state index in [2.05, 4.69) is 22.9 Å². The third-order valence-corrected chi connectivity index (χ3v) is 4.75. The van der Waals surface area contributed by atoms with Crippen molar-refractivity contribution in [3.63, 3.8) is 0 Å². The van der Waals surface area contributed by atoms with E-state index in [0.29, 0.717) is 10.6 Å². The Labute approximate surface area is 83.8 Å². The molecule has 0 amide bonds. The van der Waals surface area contributed by atoms with Gasteiger partial charge >= 0.3 is 0 Å². The van der Waals surface area contributed by atoms with Gasteiger partial charge in [-0.25, -0.2) is 8.42 Å². The zero-order chi connectivity index (χ0) is 9.61. The normalized spacial score (nSPS) is 14.6. The SMILES string of the molecule is CCC(Br)CCCS(=O)(=O)CC. The predicted octanol–water partition coefficient (Wildman–Crippen LogP) is 2.37. The van der Waals surface area contributed by atoms with Gasteiger partial charge in [-0.05, 0) is 19.3 Å². The second-order valence-corrected chi connectivity index (χ2v) is 6.65. The second kappa shape index (κ2) is 5.97. The van der Waals surface area contributed by atoms with Gasteiger partial charge < -0.3 is 0 Å². The Kier molecular flexibility index (Phi) is 6.19. The van der Waals surface area contributed by atoms with Gasteiger partial charge in [0.15, 0.2) is 0 Å². The van der Waals surface area contributed by atoms with Crippen molar-refractivity contribution in [1.29, 1.82) is 0 Å². The van der Waals surface area contributed by atoms with Crippen LogP contribution < -0.4 is 0 Å². The number of sulfone groups is 1. The molecule has 0 saturated heterocycles. The molecule has 1 unspecified atom stereocenters. The number of hydrogen-bond donors (Lipinski definition) is 0. The van der Waals surface area contributed by atoms with Crippen LogP contribution in [0.3, 0.4) is 0 Å². The van der Waals surface area contributed by atoms with Crippen molar-refractivity contribution in [2.75, 3.05) is 11.5 Å². The molecule has 0 radical (unpaired) electrons. The molecule has 0 aliphatic heterocycles. The molecule has 0 aromatic heterocycles. The largest absolute Gasteiger partial charge is 0.229 e. The first-order chi connectivity index (χ1) is 5.52. The molecule has 0 saturated carbocycles. The fourth-order valence-electron chi connectivity index (χ4n) is 0.873. The minimum Gasteiger partial charge on any atom is -0.229 e. The van der Waals surface area contributed by atoms with Crippen LogP contribution in [0.5, 0.6) is 0 Å². The average Bonchev–Trinajstić information content (AvgIpc) is 2.04. The number of halogens is 1. The fraction of sp³-hybridized carbons (Fsp3) is 1.00. The number of rotatable bonds is 6.